The van der Waals surface area contributed by atoms with Crippen LogP contribution in [0.2, 0.25) is 0 Å². The van der Waals surface area contributed by atoms with Crippen LogP contribution in [0.5, 0.6) is 11.5 Å². The molecule has 10 nitrogen and oxygen atoms in total. The number of hydrazone groups is 1. The van der Waals surface area contributed by atoms with Crippen LogP contribution >= 0.6 is 0 Å². The molecule has 0 fully saturated rings. The Morgan fingerprint density at radius 2 is 1.74 bits per heavy atom. The van der Waals surface area contributed by atoms with Crippen molar-refractivity contribution >= 4 is 17.5 Å². The number of rotatable bonds is 8. The molecule has 35 heavy (non-hydrogen) atoms. The van der Waals surface area contributed by atoms with Crippen molar-refractivity contribution in [1.29, 1.82) is 0 Å². The van der Waals surface area contributed by atoms with Crippen LogP contribution in [0.25, 0.3) is 11.4 Å². The molecule has 4 N–H and O–H groups in total. The van der Waals surface area contributed by atoms with E-state index in [2.05, 4.69) is 41.9 Å². The number of hydrogen-bond acceptors (Lipinski definition) is 10. The number of aryl methyl sites for hydroxylation is 3. The summed E-state index contributed by atoms with van der Waals surface area (Å²) in [6.07, 6.45) is 6.81. The van der Waals surface area contributed by atoms with E-state index in [0.717, 1.165) is 41.2 Å². The predicted octanol–water partition coefficient (Wildman–Crippen LogP) is 3.94. The minimum absolute atomic E-state index is 0.624. The summed E-state index contributed by atoms with van der Waals surface area (Å²) in [5.74, 6) is 3.45. The second-order valence-corrected chi connectivity index (χ2v) is 8.03. The molecule has 10 heteroatoms. The Bertz CT molecular complexity index is 1360. The summed E-state index contributed by atoms with van der Waals surface area (Å²) in [6.45, 7) is 3.99. The minimum Gasteiger partial charge on any atom is -0.455 e. The fourth-order valence-corrected chi connectivity index (χ4v) is 3.55. The first kappa shape index (κ1) is 22.2. The maximum Gasteiger partial charge on any atom is 0.155 e. The Hall–Kier alpha value is -4.57. The van der Waals surface area contributed by atoms with E-state index < -0.39 is 0 Å². The Morgan fingerprint density at radius 3 is 2.54 bits per heavy atom. The lowest BCUT2D eigenvalue weighted by atomic mass is 10.1. The van der Waals surface area contributed by atoms with E-state index in [0.29, 0.717) is 28.8 Å². The molecular formula is C25H25N9O. The van der Waals surface area contributed by atoms with Crippen LogP contribution in [0.15, 0.2) is 72.2 Å². The van der Waals surface area contributed by atoms with Crippen LogP contribution in [0.3, 0.4) is 0 Å². The standard InChI is InChI=1S/C25H25N9O/c1-16-13-21(25(29-17(16)2)20-5-3-4-10-26-20)35-19-9-12-28-24(15-19)30-23-14-18(8-11-27-23)6-7-22-31-33-34-32-22/h3-5,8-15,33-34H,6-7H2,1-2H3,(H,31,32)(H,27,28,30). The summed E-state index contributed by atoms with van der Waals surface area (Å²) in [4.78, 5) is 18.0. The first-order valence-electron chi connectivity index (χ1n) is 11.2. The highest BCUT2D eigenvalue weighted by atomic mass is 16.5. The number of pyridine rings is 4. The summed E-state index contributed by atoms with van der Waals surface area (Å²) >= 11 is 0. The molecule has 0 unspecified atom stereocenters. The molecule has 4 aromatic rings. The highest BCUT2D eigenvalue weighted by molar-refractivity contribution is 5.82. The van der Waals surface area contributed by atoms with Gasteiger partial charge in [0.15, 0.2) is 5.75 Å². The van der Waals surface area contributed by atoms with Gasteiger partial charge < -0.3 is 10.1 Å². The highest BCUT2D eigenvalue weighted by Crippen LogP contribution is 2.33. The molecule has 0 atom stereocenters. The number of anilines is 2. The summed E-state index contributed by atoms with van der Waals surface area (Å²) in [7, 11) is 0. The molecular weight excluding hydrogens is 442 g/mol. The predicted molar refractivity (Wildman–Crippen MR) is 134 cm³/mol. The molecule has 0 saturated heterocycles. The van der Waals surface area contributed by atoms with Gasteiger partial charge in [-0.2, -0.15) is 0 Å². The molecule has 0 spiro atoms. The van der Waals surface area contributed by atoms with Gasteiger partial charge in [-0.1, -0.05) is 6.07 Å². The maximum absolute atomic E-state index is 6.26. The van der Waals surface area contributed by atoms with Crippen molar-refractivity contribution < 1.29 is 4.74 Å². The third kappa shape index (κ3) is 5.50. The zero-order valence-corrected chi connectivity index (χ0v) is 19.4. The monoisotopic (exact) mass is 467 g/mol. The highest BCUT2D eigenvalue weighted by Gasteiger charge is 2.14. The number of aromatic nitrogens is 4. The van der Waals surface area contributed by atoms with Gasteiger partial charge in [0, 0.05) is 36.8 Å². The van der Waals surface area contributed by atoms with E-state index in [1.165, 1.54) is 0 Å². The van der Waals surface area contributed by atoms with Gasteiger partial charge in [0.05, 0.1) is 5.69 Å². The quantitative estimate of drug-likeness (QED) is 0.305. The van der Waals surface area contributed by atoms with Gasteiger partial charge in [-0.05, 0) is 67.8 Å². The van der Waals surface area contributed by atoms with E-state index >= 15 is 0 Å². The van der Waals surface area contributed by atoms with Gasteiger partial charge in [-0.15, -0.1) is 10.6 Å². The van der Waals surface area contributed by atoms with Crippen molar-refractivity contribution in [3.05, 3.63) is 83.9 Å². The lowest BCUT2D eigenvalue weighted by Crippen LogP contribution is -2.35. The first-order chi connectivity index (χ1) is 17.1. The van der Waals surface area contributed by atoms with Gasteiger partial charge in [0.25, 0.3) is 0 Å². The molecule has 0 radical (unpaired) electrons. The molecule has 0 saturated carbocycles. The molecule has 0 amide bonds. The molecule has 0 aromatic carbocycles. The molecule has 0 aliphatic carbocycles. The zero-order chi connectivity index (χ0) is 24.0. The van der Waals surface area contributed by atoms with Gasteiger partial charge in [-0.3, -0.25) is 10.4 Å². The summed E-state index contributed by atoms with van der Waals surface area (Å²) < 4.78 is 6.26. The number of amidine groups is 1. The van der Waals surface area contributed by atoms with E-state index in [1.807, 2.05) is 62.4 Å². The van der Waals surface area contributed by atoms with Crippen LogP contribution in [-0.4, -0.2) is 25.8 Å². The van der Waals surface area contributed by atoms with E-state index in [-0.39, 0.29) is 0 Å². The SMILES string of the molecule is Cc1cc(Oc2ccnc(Nc3cc(CCC4=NNNN4)ccn3)c2)c(-c2ccccn2)nc1C. The molecule has 1 aliphatic rings. The van der Waals surface area contributed by atoms with E-state index in [4.69, 9.17) is 9.72 Å². The smallest absolute Gasteiger partial charge is 0.155 e. The molecule has 0 bridgehead atoms. The summed E-state index contributed by atoms with van der Waals surface area (Å²) in [5, 5.41) is 7.37. The van der Waals surface area contributed by atoms with Gasteiger partial charge >= 0.3 is 0 Å². The van der Waals surface area contributed by atoms with Gasteiger partial charge in [0.2, 0.25) is 0 Å². The Kier molecular flexibility index (Phi) is 6.44. The fourth-order valence-electron chi connectivity index (χ4n) is 3.55. The maximum atomic E-state index is 6.26. The average Bonchev–Trinajstić information content (AvgIpc) is 3.40. The topological polar surface area (TPSA) is 121 Å². The molecule has 4 aromatic heterocycles. The van der Waals surface area contributed by atoms with Crippen molar-refractivity contribution in [2.45, 2.75) is 26.7 Å². The zero-order valence-electron chi connectivity index (χ0n) is 19.4. The molecule has 176 valence electrons. The largest absolute Gasteiger partial charge is 0.455 e. The van der Waals surface area contributed by atoms with Crippen LogP contribution in [0.1, 0.15) is 23.2 Å². The van der Waals surface area contributed by atoms with E-state index in [1.54, 1.807) is 18.6 Å². The van der Waals surface area contributed by atoms with Crippen molar-refractivity contribution in [1.82, 2.24) is 36.4 Å². The van der Waals surface area contributed by atoms with Crippen molar-refractivity contribution in [2.75, 3.05) is 5.32 Å². The van der Waals surface area contributed by atoms with Crippen LogP contribution < -0.4 is 26.5 Å². The number of nitrogens with zero attached hydrogens (tertiary/aromatic N) is 5. The minimum atomic E-state index is 0.624. The molecule has 1 aliphatic heterocycles. The summed E-state index contributed by atoms with van der Waals surface area (Å²) in [6, 6.07) is 15.3. The number of hydrogen-bond donors (Lipinski definition) is 4. The average molecular weight is 468 g/mol. The number of nitrogens with one attached hydrogen (secondary N) is 4. The number of ether oxygens (including phenoxy) is 1. The lowest BCUT2D eigenvalue weighted by molar-refractivity contribution is 0.481. The van der Waals surface area contributed by atoms with Gasteiger partial charge in [-0.25, -0.2) is 20.5 Å². The Morgan fingerprint density at radius 1 is 0.886 bits per heavy atom. The Labute approximate surface area is 202 Å². The fraction of sp³-hybridized carbons (Fsp3) is 0.160. The lowest BCUT2D eigenvalue weighted by Gasteiger charge is -2.13. The molecule has 5 rings (SSSR count). The van der Waals surface area contributed by atoms with Crippen LogP contribution in [-0.2, 0) is 6.42 Å². The van der Waals surface area contributed by atoms with Crippen molar-refractivity contribution in [3.8, 4) is 22.9 Å². The van der Waals surface area contributed by atoms with E-state index in [9.17, 15) is 0 Å². The Balaban J connectivity index is 1.33. The summed E-state index contributed by atoms with van der Waals surface area (Å²) in [5.41, 5.74) is 12.9. The van der Waals surface area contributed by atoms with Crippen molar-refractivity contribution in [3.63, 3.8) is 0 Å². The van der Waals surface area contributed by atoms with Crippen molar-refractivity contribution in [2.24, 2.45) is 5.10 Å². The van der Waals surface area contributed by atoms with Gasteiger partial charge in [0.1, 0.15) is 28.9 Å². The van der Waals surface area contributed by atoms with Crippen LogP contribution in [0.4, 0.5) is 11.6 Å². The second kappa shape index (κ2) is 10.1. The number of hydrazine groups is 2. The molecule has 5 heterocycles. The third-order valence-corrected chi connectivity index (χ3v) is 5.48. The third-order valence-electron chi connectivity index (χ3n) is 5.48. The first-order valence-corrected chi connectivity index (χ1v) is 11.2. The normalized spacial score (nSPS) is 12.5. The second-order valence-electron chi connectivity index (χ2n) is 8.03. The van der Waals surface area contributed by atoms with Crippen LogP contribution in [0, 0.1) is 13.8 Å².